The third-order valence-electron chi connectivity index (χ3n) is 1.94. The molecule has 0 saturated carbocycles. The van der Waals surface area contributed by atoms with Gasteiger partial charge in [-0.1, -0.05) is 23.4 Å². The van der Waals surface area contributed by atoms with E-state index >= 15 is 0 Å². The van der Waals surface area contributed by atoms with Gasteiger partial charge in [-0.15, -0.1) is 0 Å². The van der Waals surface area contributed by atoms with Crippen molar-refractivity contribution < 1.29 is 9.53 Å². The number of amides is 1. The molecule has 8 heteroatoms. The van der Waals surface area contributed by atoms with Crippen molar-refractivity contribution in [3.63, 3.8) is 0 Å². The molecule has 0 aliphatic carbocycles. The van der Waals surface area contributed by atoms with Crippen LogP contribution in [0.15, 0.2) is 40.4 Å². The van der Waals surface area contributed by atoms with Gasteiger partial charge in [0.2, 0.25) is 5.28 Å². The summed E-state index contributed by atoms with van der Waals surface area (Å²) in [6, 6.07) is 6.72. The Morgan fingerprint density at radius 1 is 1.26 bits per heavy atom. The minimum Gasteiger partial charge on any atom is -0.411 e. The van der Waals surface area contributed by atoms with Crippen LogP contribution in [-0.4, -0.2) is 16.1 Å². The summed E-state index contributed by atoms with van der Waals surface area (Å²) >= 11 is 13.0. The maximum absolute atomic E-state index is 10.6. The standard InChI is InChI=1S/C11H7Cl2N3O2S/c12-8-5-15-10(13)16-9(8)19-7-3-1-6(2-4-7)18-11(14)17/h1-5H,(H2,14,17). The lowest BCUT2D eigenvalue weighted by Gasteiger charge is -2.04. The maximum atomic E-state index is 10.6. The minimum absolute atomic E-state index is 0.126. The fourth-order valence-corrected chi connectivity index (χ4v) is 2.37. The third kappa shape index (κ3) is 3.99. The highest BCUT2D eigenvalue weighted by Crippen LogP contribution is 2.32. The quantitative estimate of drug-likeness (QED) is 0.693. The number of halogens is 2. The lowest BCUT2D eigenvalue weighted by atomic mass is 10.3. The van der Waals surface area contributed by atoms with Crippen LogP contribution >= 0.6 is 35.0 Å². The van der Waals surface area contributed by atoms with Crippen molar-refractivity contribution in [1.29, 1.82) is 0 Å². The Morgan fingerprint density at radius 3 is 2.58 bits per heavy atom. The van der Waals surface area contributed by atoms with E-state index in [9.17, 15) is 4.79 Å². The van der Waals surface area contributed by atoms with Crippen LogP contribution in [0.3, 0.4) is 0 Å². The van der Waals surface area contributed by atoms with Gasteiger partial charge in [-0.2, -0.15) is 0 Å². The maximum Gasteiger partial charge on any atom is 0.409 e. The molecule has 5 nitrogen and oxygen atoms in total. The summed E-state index contributed by atoms with van der Waals surface area (Å²) in [7, 11) is 0. The first-order chi connectivity index (χ1) is 9.04. The van der Waals surface area contributed by atoms with E-state index in [0.717, 1.165) is 4.90 Å². The van der Waals surface area contributed by atoms with Gasteiger partial charge in [0.25, 0.3) is 0 Å². The molecule has 0 saturated heterocycles. The summed E-state index contributed by atoms with van der Waals surface area (Å²) in [6.45, 7) is 0. The van der Waals surface area contributed by atoms with E-state index in [1.165, 1.54) is 18.0 Å². The summed E-state index contributed by atoms with van der Waals surface area (Å²) in [5.74, 6) is 0.365. The lowest BCUT2D eigenvalue weighted by Crippen LogP contribution is -2.16. The topological polar surface area (TPSA) is 78.1 Å². The van der Waals surface area contributed by atoms with Gasteiger partial charge < -0.3 is 10.5 Å². The highest BCUT2D eigenvalue weighted by atomic mass is 35.5. The number of aromatic nitrogens is 2. The van der Waals surface area contributed by atoms with E-state index in [1.54, 1.807) is 24.3 Å². The molecule has 0 radical (unpaired) electrons. The molecule has 1 aromatic carbocycles. The largest absolute Gasteiger partial charge is 0.411 e. The number of hydrogen-bond donors (Lipinski definition) is 1. The highest BCUT2D eigenvalue weighted by molar-refractivity contribution is 7.99. The Bertz CT molecular complexity index is 607. The molecular formula is C11H7Cl2N3O2S. The van der Waals surface area contributed by atoms with Crippen LogP contribution in [0.25, 0.3) is 0 Å². The van der Waals surface area contributed by atoms with E-state index in [1.807, 2.05) is 0 Å². The zero-order valence-corrected chi connectivity index (χ0v) is 11.7. The summed E-state index contributed by atoms with van der Waals surface area (Å²) in [4.78, 5) is 19.2. The molecule has 2 rings (SSSR count). The number of benzene rings is 1. The van der Waals surface area contributed by atoms with Crippen LogP contribution in [0.2, 0.25) is 10.3 Å². The van der Waals surface area contributed by atoms with Gasteiger partial charge in [-0.3, -0.25) is 0 Å². The molecule has 0 spiro atoms. The van der Waals surface area contributed by atoms with Gasteiger partial charge in [-0.05, 0) is 35.9 Å². The lowest BCUT2D eigenvalue weighted by molar-refractivity contribution is 0.211. The second kappa shape index (κ2) is 6.10. The molecule has 0 fully saturated rings. The summed E-state index contributed by atoms with van der Waals surface area (Å²) in [6.07, 6.45) is 0.579. The first-order valence-corrected chi connectivity index (χ1v) is 6.55. The van der Waals surface area contributed by atoms with E-state index in [2.05, 4.69) is 9.97 Å². The predicted molar refractivity (Wildman–Crippen MR) is 72.8 cm³/mol. The van der Waals surface area contributed by atoms with Crippen LogP contribution in [0.4, 0.5) is 4.79 Å². The van der Waals surface area contributed by atoms with Crippen molar-refractivity contribution in [2.45, 2.75) is 9.92 Å². The number of rotatable bonds is 3. The molecular weight excluding hydrogens is 309 g/mol. The number of carbonyl (C=O) groups excluding carboxylic acids is 1. The molecule has 0 bridgehead atoms. The van der Waals surface area contributed by atoms with Gasteiger partial charge in [0.1, 0.15) is 10.8 Å². The number of hydrogen-bond acceptors (Lipinski definition) is 5. The van der Waals surface area contributed by atoms with Crippen LogP contribution < -0.4 is 10.5 Å². The Kier molecular flexibility index (Phi) is 4.47. The highest BCUT2D eigenvalue weighted by Gasteiger charge is 2.07. The van der Waals surface area contributed by atoms with Crippen molar-refractivity contribution in [3.8, 4) is 5.75 Å². The van der Waals surface area contributed by atoms with Crippen LogP contribution in [0.5, 0.6) is 5.75 Å². The van der Waals surface area contributed by atoms with Crippen molar-refractivity contribution in [2.75, 3.05) is 0 Å². The molecule has 2 aromatic rings. The van der Waals surface area contributed by atoms with Crippen molar-refractivity contribution >= 4 is 41.1 Å². The van der Waals surface area contributed by atoms with Gasteiger partial charge >= 0.3 is 6.09 Å². The number of ether oxygens (including phenoxy) is 1. The van der Waals surface area contributed by atoms with Crippen molar-refractivity contribution in [1.82, 2.24) is 9.97 Å². The van der Waals surface area contributed by atoms with E-state index in [4.69, 9.17) is 33.7 Å². The van der Waals surface area contributed by atoms with Gasteiger partial charge in [0.05, 0.1) is 11.2 Å². The molecule has 0 aliphatic rings. The SMILES string of the molecule is NC(=O)Oc1ccc(Sc2nc(Cl)ncc2Cl)cc1. The van der Waals surface area contributed by atoms with Crippen molar-refractivity contribution in [3.05, 3.63) is 40.8 Å². The molecule has 1 aromatic heterocycles. The molecule has 0 aliphatic heterocycles. The first-order valence-electron chi connectivity index (χ1n) is 4.98. The average molecular weight is 316 g/mol. The predicted octanol–water partition coefficient (Wildman–Crippen LogP) is 3.39. The zero-order valence-electron chi connectivity index (χ0n) is 9.34. The average Bonchev–Trinajstić information content (AvgIpc) is 2.35. The number of carbonyl (C=O) groups is 1. The van der Waals surface area contributed by atoms with Crippen molar-refractivity contribution in [2.24, 2.45) is 5.73 Å². The first kappa shape index (κ1) is 13.9. The number of nitrogens with two attached hydrogens (primary N) is 1. The number of nitrogens with zero attached hydrogens (tertiary/aromatic N) is 2. The molecule has 0 unspecified atom stereocenters. The smallest absolute Gasteiger partial charge is 0.409 e. The Hall–Kier alpha value is -1.50. The van der Waals surface area contributed by atoms with Gasteiger partial charge in [0.15, 0.2) is 0 Å². The number of primary amides is 1. The fourth-order valence-electron chi connectivity index (χ4n) is 1.21. The van der Waals surface area contributed by atoms with Gasteiger partial charge in [-0.25, -0.2) is 14.8 Å². The molecule has 98 valence electrons. The Morgan fingerprint density at radius 2 is 1.95 bits per heavy atom. The molecule has 1 heterocycles. The Balaban J connectivity index is 2.15. The Labute approximate surface area is 123 Å². The second-order valence-corrected chi connectivity index (χ2v) is 5.09. The van der Waals surface area contributed by atoms with Crippen LogP contribution in [-0.2, 0) is 0 Å². The van der Waals surface area contributed by atoms with Gasteiger partial charge in [0, 0.05) is 4.90 Å². The van der Waals surface area contributed by atoms with E-state index in [0.29, 0.717) is 15.8 Å². The van der Waals surface area contributed by atoms with E-state index < -0.39 is 6.09 Å². The third-order valence-corrected chi connectivity index (χ3v) is 3.52. The zero-order chi connectivity index (χ0) is 13.8. The molecule has 19 heavy (non-hydrogen) atoms. The molecule has 0 atom stereocenters. The van der Waals surface area contributed by atoms with Crippen LogP contribution in [0, 0.1) is 0 Å². The monoisotopic (exact) mass is 315 g/mol. The van der Waals surface area contributed by atoms with E-state index in [-0.39, 0.29) is 5.28 Å². The minimum atomic E-state index is -0.856. The fraction of sp³-hybridized carbons (Fsp3) is 0. The summed E-state index contributed by atoms with van der Waals surface area (Å²) in [5.41, 5.74) is 4.91. The van der Waals surface area contributed by atoms with Crippen LogP contribution in [0.1, 0.15) is 0 Å². The molecule has 1 amide bonds. The second-order valence-electron chi connectivity index (χ2n) is 3.29. The molecule has 2 N–H and O–H groups in total. The summed E-state index contributed by atoms with van der Waals surface area (Å²) < 4.78 is 4.72. The summed E-state index contributed by atoms with van der Waals surface area (Å²) in [5, 5.41) is 1.08. The normalized spacial score (nSPS) is 10.2.